The van der Waals surface area contributed by atoms with Gasteiger partial charge in [0.25, 0.3) is 0 Å². The minimum Gasteiger partial charge on any atom is -0.503 e. The quantitative estimate of drug-likeness (QED) is 0.523. The van der Waals surface area contributed by atoms with Gasteiger partial charge in [-0.2, -0.15) is 0 Å². The Morgan fingerprint density at radius 1 is 1.44 bits per heavy atom. The third-order valence-corrected chi connectivity index (χ3v) is 3.45. The van der Waals surface area contributed by atoms with E-state index in [1.54, 1.807) is 23.6 Å². The van der Waals surface area contributed by atoms with Crippen LogP contribution in [0.5, 0.6) is 0 Å². The van der Waals surface area contributed by atoms with Gasteiger partial charge in [0.15, 0.2) is 0 Å². The highest BCUT2D eigenvalue weighted by molar-refractivity contribution is 7.17. The van der Waals surface area contributed by atoms with Gasteiger partial charge in [-0.1, -0.05) is 6.07 Å². The Morgan fingerprint density at radius 3 is 2.83 bits per heavy atom. The number of thiophene rings is 1. The SMILES string of the molecule is COC=C(C(=O)O)c1csc2ccc(C=O)cc12. The van der Waals surface area contributed by atoms with Crippen molar-refractivity contribution in [1.29, 1.82) is 0 Å². The number of benzene rings is 1. The van der Waals surface area contributed by atoms with E-state index >= 15 is 0 Å². The summed E-state index contributed by atoms with van der Waals surface area (Å²) in [7, 11) is 1.40. The molecule has 18 heavy (non-hydrogen) atoms. The molecule has 0 saturated heterocycles. The van der Waals surface area contributed by atoms with Crippen LogP contribution in [0.15, 0.2) is 29.8 Å². The maximum atomic E-state index is 11.2. The van der Waals surface area contributed by atoms with E-state index in [4.69, 9.17) is 9.84 Å². The van der Waals surface area contributed by atoms with Gasteiger partial charge in [-0.15, -0.1) is 11.3 Å². The fourth-order valence-electron chi connectivity index (χ4n) is 1.68. The summed E-state index contributed by atoms with van der Waals surface area (Å²) in [6.07, 6.45) is 1.93. The molecule has 1 heterocycles. The molecule has 0 spiro atoms. The molecule has 0 unspecified atom stereocenters. The van der Waals surface area contributed by atoms with E-state index in [2.05, 4.69) is 0 Å². The molecule has 4 nitrogen and oxygen atoms in total. The summed E-state index contributed by atoms with van der Waals surface area (Å²) >= 11 is 1.43. The monoisotopic (exact) mass is 262 g/mol. The van der Waals surface area contributed by atoms with E-state index in [1.165, 1.54) is 24.7 Å². The molecule has 0 aliphatic rings. The van der Waals surface area contributed by atoms with Gasteiger partial charge in [0, 0.05) is 26.6 Å². The first kappa shape index (κ1) is 12.3. The van der Waals surface area contributed by atoms with E-state index in [1.807, 2.05) is 0 Å². The van der Waals surface area contributed by atoms with Crippen molar-refractivity contribution >= 4 is 39.3 Å². The summed E-state index contributed by atoms with van der Waals surface area (Å²) in [5.74, 6) is -1.06. The van der Waals surface area contributed by atoms with Gasteiger partial charge in [0.05, 0.1) is 13.4 Å². The lowest BCUT2D eigenvalue weighted by Crippen LogP contribution is -1.99. The second-order valence-corrected chi connectivity index (χ2v) is 4.51. The number of carboxylic acid groups (broad SMARTS) is 1. The van der Waals surface area contributed by atoms with Crippen LogP contribution < -0.4 is 0 Å². The molecule has 1 aromatic heterocycles. The fourth-order valence-corrected chi connectivity index (χ4v) is 2.62. The molecule has 1 aromatic carbocycles. The third kappa shape index (κ3) is 2.12. The van der Waals surface area contributed by atoms with Crippen molar-refractivity contribution in [1.82, 2.24) is 0 Å². The normalized spacial score (nSPS) is 11.5. The van der Waals surface area contributed by atoms with E-state index in [-0.39, 0.29) is 5.57 Å². The number of aliphatic carboxylic acids is 1. The number of fused-ring (bicyclic) bond motifs is 1. The van der Waals surface area contributed by atoms with Crippen molar-refractivity contribution in [2.24, 2.45) is 0 Å². The highest BCUT2D eigenvalue weighted by Gasteiger charge is 2.16. The van der Waals surface area contributed by atoms with Gasteiger partial charge in [-0.3, -0.25) is 4.79 Å². The highest BCUT2D eigenvalue weighted by atomic mass is 32.1. The van der Waals surface area contributed by atoms with Crippen LogP contribution >= 0.6 is 11.3 Å². The molecule has 0 aliphatic carbocycles. The summed E-state index contributed by atoms with van der Waals surface area (Å²) in [5, 5.41) is 11.6. The van der Waals surface area contributed by atoms with Crippen molar-refractivity contribution in [3.05, 3.63) is 41.0 Å². The number of hydrogen-bond donors (Lipinski definition) is 1. The fraction of sp³-hybridized carbons (Fsp3) is 0.0769. The molecule has 0 bridgehead atoms. The van der Waals surface area contributed by atoms with Gasteiger partial charge < -0.3 is 9.84 Å². The minimum atomic E-state index is -1.06. The standard InChI is InChI=1S/C13H10O4S/c1-17-6-10(13(15)16)11-7-18-12-3-2-8(5-14)4-9(11)12/h2-7H,1H3,(H,15,16). The molecule has 92 valence electrons. The van der Waals surface area contributed by atoms with Gasteiger partial charge in [0.1, 0.15) is 11.9 Å². The number of carbonyl (C=O) groups is 2. The van der Waals surface area contributed by atoms with E-state index in [0.29, 0.717) is 11.1 Å². The minimum absolute atomic E-state index is 0.0757. The van der Waals surface area contributed by atoms with Gasteiger partial charge >= 0.3 is 5.97 Å². The Hall–Kier alpha value is -2.14. The molecule has 1 N–H and O–H groups in total. The molecule has 0 atom stereocenters. The summed E-state index contributed by atoms with van der Waals surface area (Å²) < 4.78 is 5.72. The molecular formula is C13H10O4S. The molecule has 0 radical (unpaired) electrons. The topological polar surface area (TPSA) is 63.6 Å². The molecule has 0 aliphatic heterocycles. The maximum absolute atomic E-state index is 11.2. The molecule has 0 fully saturated rings. The lowest BCUT2D eigenvalue weighted by molar-refractivity contribution is -0.130. The predicted octanol–water partition coefficient (Wildman–Crippen LogP) is 2.79. The van der Waals surface area contributed by atoms with Crippen LogP contribution in [0.1, 0.15) is 15.9 Å². The Labute approximate surface area is 107 Å². The number of methoxy groups -OCH3 is 1. The second kappa shape index (κ2) is 5.01. The number of ether oxygens (including phenoxy) is 1. The van der Waals surface area contributed by atoms with Crippen molar-refractivity contribution < 1.29 is 19.4 Å². The second-order valence-electron chi connectivity index (χ2n) is 3.60. The van der Waals surface area contributed by atoms with Crippen molar-refractivity contribution in [2.75, 3.05) is 7.11 Å². The Bertz CT molecular complexity index is 639. The zero-order valence-electron chi connectivity index (χ0n) is 9.54. The summed E-state index contributed by atoms with van der Waals surface area (Å²) in [5.41, 5.74) is 1.16. The van der Waals surface area contributed by atoms with E-state index in [9.17, 15) is 9.59 Å². The van der Waals surface area contributed by atoms with E-state index in [0.717, 1.165) is 16.4 Å². The van der Waals surface area contributed by atoms with Crippen LogP contribution in [0.2, 0.25) is 0 Å². The summed E-state index contributed by atoms with van der Waals surface area (Å²) in [6.45, 7) is 0. The van der Waals surface area contributed by atoms with Crippen LogP contribution in [0, 0.1) is 0 Å². The summed E-state index contributed by atoms with van der Waals surface area (Å²) in [4.78, 5) is 21.9. The Kier molecular flexibility index (Phi) is 3.43. The average Bonchev–Trinajstić information content (AvgIpc) is 2.78. The van der Waals surface area contributed by atoms with Gasteiger partial charge in [-0.05, 0) is 12.1 Å². The number of aldehydes is 1. The third-order valence-electron chi connectivity index (χ3n) is 2.49. The number of hydrogen-bond acceptors (Lipinski definition) is 4. The van der Waals surface area contributed by atoms with Gasteiger partial charge in [-0.25, -0.2) is 4.79 Å². The zero-order valence-corrected chi connectivity index (χ0v) is 10.4. The predicted molar refractivity (Wildman–Crippen MR) is 69.8 cm³/mol. The number of carbonyl (C=O) groups excluding carboxylic acids is 1. The molecular weight excluding hydrogens is 252 g/mol. The molecule has 5 heteroatoms. The Balaban J connectivity index is 2.66. The lowest BCUT2D eigenvalue weighted by Gasteiger charge is -2.01. The highest BCUT2D eigenvalue weighted by Crippen LogP contribution is 2.31. The van der Waals surface area contributed by atoms with E-state index < -0.39 is 5.97 Å². The first-order chi connectivity index (χ1) is 8.67. The largest absolute Gasteiger partial charge is 0.503 e. The summed E-state index contributed by atoms with van der Waals surface area (Å²) in [6, 6.07) is 5.19. The Morgan fingerprint density at radius 2 is 2.22 bits per heavy atom. The van der Waals surface area contributed by atoms with Crippen LogP contribution in [0.3, 0.4) is 0 Å². The molecule has 0 saturated carbocycles. The molecule has 2 rings (SSSR count). The first-order valence-electron chi connectivity index (χ1n) is 5.10. The maximum Gasteiger partial charge on any atom is 0.339 e. The zero-order chi connectivity index (χ0) is 13.1. The van der Waals surface area contributed by atoms with Crippen LogP contribution in [-0.2, 0) is 9.53 Å². The van der Waals surface area contributed by atoms with Crippen molar-refractivity contribution in [2.45, 2.75) is 0 Å². The lowest BCUT2D eigenvalue weighted by atomic mass is 10.0. The average molecular weight is 262 g/mol. The molecule has 2 aromatic rings. The van der Waals surface area contributed by atoms with Gasteiger partial charge in [0.2, 0.25) is 0 Å². The van der Waals surface area contributed by atoms with Crippen LogP contribution in [-0.4, -0.2) is 24.5 Å². The van der Waals surface area contributed by atoms with Crippen molar-refractivity contribution in [3.8, 4) is 0 Å². The number of carboxylic acids is 1. The number of rotatable bonds is 4. The van der Waals surface area contributed by atoms with Crippen LogP contribution in [0.25, 0.3) is 15.7 Å². The van der Waals surface area contributed by atoms with Crippen molar-refractivity contribution in [3.63, 3.8) is 0 Å². The first-order valence-corrected chi connectivity index (χ1v) is 5.98. The molecule has 0 amide bonds. The van der Waals surface area contributed by atoms with Crippen LogP contribution in [0.4, 0.5) is 0 Å². The smallest absolute Gasteiger partial charge is 0.339 e.